The van der Waals surface area contributed by atoms with Crippen LogP contribution in [-0.2, 0) is 4.79 Å². The summed E-state index contributed by atoms with van der Waals surface area (Å²) in [6.07, 6.45) is 1.11. The third kappa shape index (κ3) is 4.29. The molecule has 1 aliphatic heterocycles. The molecule has 1 aromatic carbocycles. The number of nitrogens with one attached hydrogen (secondary N) is 2. The number of amides is 1. The topological polar surface area (TPSA) is 44.4 Å². The van der Waals surface area contributed by atoms with Crippen LogP contribution in [0.2, 0.25) is 0 Å². The maximum atomic E-state index is 12.4. The van der Waals surface area contributed by atoms with Crippen molar-refractivity contribution in [2.75, 3.05) is 25.0 Å². The van der Waals surface area contributed by atoms with Crippen LogP contribution < -0.4 is 10.6 Å². The van der Waals surface area contributed by atoms with Crippen LogP contribution in [0.5, 0.6) is 0 Å². The second-order valence-corrected chi connectivity index (χ2v) is 5.96. The molecule has 0 bridgehead atoms. The molecule has 4 heteroatoms. The van der Waals surface area contributed by atoms with E-state index in [9.17, 15) is 4.79 Å². The number of benzene rings is 1. The van der Waals surface area contributed by atoms with Crippen LogP contribution in [0.15, 0.2) is 30.3 Å². The fourth-order valence-corrected chi connectivity index (χ4v) is 3.03. The molecule has 1 amide bonds. The molecule has 1 saturated heterocycles. The van der Waals surface area contributed by atoms with E-state index in [0.717, 1.165) is 31.7 Å². The molecule has 0 saturated carbocycles. The first kappa shape index (κ1) is 16.0. The Morgan fingerprint density at radius 3 is 2.71 bits per heavy atom. The zero-order valence-electron chi connectivity index (χ0n) is 13.3. The van der Waals surface area contributed by atoms with E-state index in [1.165, 1.54) is 0 Å². The number of rotatable bonds is 5. The Balaban J connectivity index is 1.88. The van der Waals surface area contributed by atoms with Gasteiger partial charge >= 0.3 is 0 Å². The quantitative estimate of drug-likeness (QED) is 0.874. The van der Waals surface area contributed by atoms with Crippen LogP contribution in [0.1, 0.15) is 27.2 Å². The lowest BCUT2D eigenvalue weighted by Crippen LogP contribution is -2.53. The Morgan fingerprint density at radius 1 is 1.38 bits per heavy atom. The number of anilines is 1. The Hall–Kier alpha value is -1.39. The lowest BCUT2D eigenvalue weighted by molar-refractivity contribution is -0.121. The van der Waals surface area contributed by atoms with Crippen LogP contribution in [0.3, 0.4) is 0 Å². The van der Waals surface area contributed by atoms with Gasteiger partial charge in [0.15, 0.2) is 0 Å². The standard InChI is InChI=1S/C17H27N3O/c1-4-18-16-10-11-20(12-13(16)2)14(3)17(21)19-15-8-6-5-7-9-15/h5-9,13-14,16,18H,4,10-12H2,1-3H3,(H,19,21). The zero-order valence-corrected chi connectivity index (χ0v) is 13.3. The van der Waals surface area contributed by atoms with Gasteiger partial charge in [0.1, 0.15) is 0 Å². The van der Waals surface area contributed by atoms with E-state index < -0.39 is 0 Å². The molecule has 21 heavy (non-hydrogen) atoms. The molecular weight excluding hydrogens is 262 g/mol. The number of hydrogen-bond donors (Lipinski definition) is 2. The Morgan fingerprint density at radius 2 is 2.10 bits per heavy atom. The molecule has 4 nitrogen and oxygen atoms in total. The van der Waals surface area contributed by atoms with Gasteiger partial charge in [-0.2, -0.15) is 0 Å². The van der Waals surface area contributed by atoms with Gasteiger partial charge in [-0.05, 0) is 37.9 Å². The van der Waals surface area contributed by atoms with Crippen molar-refractivity contribution < 1.29 is 4.79 Å². The van der Waals surface area contributed by atoms with E-state index in [4.69, 9.17) is 0 Å². The van der Waals surface area contributed by atoms with E-state index in [-0.39, 0.29) is 11.9 Å². The van der Waals surface area contributed by atoms with Crippen molar-refractivity contribution in [3.63, 3.8) is 0 Å². The van der Waals surface area contributed by atoms with Gasteiger partial charge in [0.05, 0.1) is 6.04 Å². The lowest BCUT2D eigenvalue weighted by atomic mass is 9.93. The third-order valence-electron chi connectivity index (χ3n) is 4.37. The van der Waals surface area contributed by atoms with Crippen LogP contribution in [0, 0.1) is 5.92 Å². The smallest absolute Gasteiger partial charge is 0.241 e. The van der Waals surface area contributed by atoms with Gasteiger partial charge in [0, 0.05) is 24.8 Å². The molecule has 1 aliphatic rings. The summed E-state index contributed by atoms with van der Waals surface area (Å²) in [7, 11) is 0. The van der Waals surface area contributed by atoms with E-state index in [2.05, 4.69) is 29.4 Å². The monoisotopic (exact) mass is 289 g/mol. The molecule has 116 valence electrons. The molecule has 0 radical (unpaired) electrons. The summed E-state index contributed by atoms with van der Waals surface area (Å²) in [5.74, 6) is 0.654. The molecule has 3 atom stereocenters. The highest BCUT2D eigenvalue weighted by molar-refractivity contribution is 5.94. The summed E-state index contributed by atoms with van der Waals surface area (Å²) in [4.78, 5) is 14.6. The molecular formula is C17H27N3O. The first-order chi connectivity index (χ1) is 10.1. The van der Waals surface area contributed by atoms with Gasteiger partial charge in [0.25, 0.3) is 0 Å². The number of hydrogen-bond acceptors (Lipinski definition) is 3. The SMILES string of the molecule is CCNC1CCN(C(C)C(=O)Nc2ccccc2)CC1C. The molecule has 1 fully saturated rings. The molecule has 2 rings (SSSR count). The van der Waals surface area contributed by atoms with Crippen LogP contribution >= 0.6 is 0 Å². The highest BCUT2D eigenvalue weighted by Gasteiger charge is 2.30. The summed E-state index contributed by atoms with van der Waals surface area (Å²) < 4.78 is 0. The molecule has 1 heterocycles. The van der Waals surface area contributed by atoms with Crippen molar-refractivity contribution in [1.82, 2.24) is 10.2 Å². The van der Waals surface area contributed by atoms with Gasteiger partial charge in [-0.1, -0.05) is 32.0 Å². The Kier molecular flexibility index (Phi) is 5.76. The van der Waals surface area contributed by atoms with Crippen LogP contribution in [0.4, 0.5) is 5.69 Å². The average Bonchev–Trinajstić information content (AvgIpc) is 2.49. The van der Waals surface area contributed by atoms with E-state index >= 15 is 0 Å². The highest BCUT2D eigenvalue weighted by Crippen LogP contribution is 2.19. The Bertz CT molecular complexity index is 449. The minimum atomic E-state index is -0.0877. The second-order valence-electron chi connectivity index (χ2n) is 5.96. The van der Waals surface area contributed by atoms with Gasteiger partial charge in [0.2, 0.25) is 5.91 Å². The van der Waals surface area contributed by atoms with Gasteiger partial charge in [-0.15, -0.1) is 0 Å². The average molecular weight is 289 g/mol. The predicted octanol–water partition coefficient (Wildman–Crippen LogP) is 2.33. The largest absolute Gasteiger partial charge is 0.325 e. The first-order valence-corrected chi connectivity index (χ1v) is 7.95. The number of carbonyl (C=O) groups is 1. The Labute approximate surface area is 127 Å². The van der Waals surface area contributed by atoms with Crippen molar-refractivity contribution in [3.8, 4) is 0 Å². The number of nitrogens with zero attached hydrogens (tertiary/aromatic N) is 1. The summed E-state index contributed by atoms with van der Waals surface area (Å²) in [5, 5.41) is 6.53. The number of carbonyl (C=O) groups excluding carboxylic acids is 1. The van der Waals surface area contributed by atoms with Crippen LogP contribution in [-0.4, -0.2) is 42.5 Å². The fourth-order valence-electron chi connectivity index (χ4n) is 3.03. The molecule has 3 unspecified atom stereocenters. The van der Waals surface area contributed by atoms with Crippen molar-refractivity contribution in [3.05, 3.63) is 30.3 Å². The minimum Gasteiger partial charge on any atom is -0.325 e. The lowest BCUT2D eigenvalue weighted by Gasteiger charge is -2.39. The predicted molar refractivity (Wildman–Crippen MR) is 87.4 cm³/mol. The van der Waals surface area contributed by atoms with Crippen molar-refractivity contribution >= 4 is 11.6 Å². The molecule has 0 aromatic heterocycles. The van der Waals surface area contributed by atoms with E-state index in [0.29, 0.717) is 12.0 Å². The summed E-state index contributed by atoms with van der Waals surface area (Å²) >= 11 is 0. The molecule has 2 N–H and O–H groups in total. The second kappa shape index (κ2) is 7.57. The molecule has 0 spiro atoms. The summed E-state index contributed by atoms with van der Waals surface area (Å²) in [5.41, 5.74) is 0.866. The van der Waals surface area contributed by atoms with E-state index in [1.54, 1.807) is 0 Å². The van der Waals surface area contributed by atoms with Gasteiger partial charge in [-0.3, -0.25) is 9.69 Å². The number of para-hydroxylation sites is 1. The van der Waals surface area contributed by atoms with Crippen molar-refractivity contribution in [2.24, 2.45) is 5.92 Å². The normalized spacial score (nSPS) is 24.5. The first-order valence-electron chi connectivity index (χ1n) is 7.95. The minimum absolute atomic E-state index is 0.0790. The maximum absolute atomic E-state index is 12.4. The summed E-state index contributed by atoms with van der Waals surface area (Å²) in [6.45, 7) is 9.38. The maximum Gasteiger partial charge on any atom is 0.241 e. The van der Waals surface area contributed by atoms with Crippen LogP contribution in [0.25, 0.3) is 0 Å². The highest BCUT2D eigenvalue weighted by atomic mass is 16.2. The number of piperidine rings is 1. The van der Waals surface area contributed by atoms with Gasteiger partial charge in [-0.25, -0.2) is 0 Å². The molecule has 1 aromatic rings. The van der Waals surface area contributed by atoms with Gasteiger partial charge < -0.3 is 10.6 Å². The van der Waals surface area contributed by atoms with Crippen molar-refractivity contribution in [1.29, 1.82) is 0 Å². The summed E-state index contributed by atoms with van der Waals surface area (Å²) in [6, 6.07) is 10.2. The molecule has 0 aliphatic carbocycles. The van der Waals surface area contributed by atoms with E-state index in [1.807, 2.05) is 37.3 Å². The van der Waals surface area contributed by atoms with Crippen molar-refractivity contribution in [2.45, 2.75) is 39.3 Å². The third-order valence-corrected chi connectivity index (χ3v) is 4.37. The zero-order chi connectivity index (χ0) is 15.2. The number of likely N-dealkylation sites (tertiary alicyclic amines) is 1. The fraction of sp³-hybridized carbons (Fsp3) is 0.588.